The van der Waals surface area contributed by atoms with Crippen LogP contribution in [0.3, 0.4) is 0 Å². The van der Waals surface area contributed by atoms with Crippen molar-refractivity contribution in [1.29, 1.82) is 0 Å². The van der Waals surface area contributed by atoms with Crippen molar-refractivity contribution >= 4 is 8.32 Å². The van der Waals surface area contributed by atoms with Crippen molar-refractivity contribution in [3.63, 3.8) is 0 Å². The molecule has 26 heavy (non-hydrogen) atoms. The number of hydrogen-bond acceptors (Lipinski definition) is 2. The topological polar surface area (TPSA) is 29.5 Å². The van der Waals surface area contributed by atoms with Gasteiger partial charge in [-0.1, -0.05) is 59.8 Å². The van der Waals surface area contributed by atoms with Gasteiger partial charge in [0.25, 0.3) is 0 Å². The number of aliphatic hydroxyl groups is 1. The van der Waals surface area contributed by atoms with Crippen LogP contribution in [-0.2, 0) is 4.43 Å². The average Bonchev–Trinajstić information content (AvgIpc) is 2.50. The minimum Gasteiger partial charge on any atom is -0.412 e. The van der Waals surface area contributed by atoms with Crippen LogP contribution in [0.4, 0.5) is 0 Å². The Labute approximate surface area is 164 Å². The van der Waals surface area contributed by atoms with Gasteiger partial charge in [-0.05, 0) is 55.8 Å². The highest BCUT2D eigenvalue weighted by molar-refractivity contribution is 6.77. The van der Waals surface area contributed by atoms with Gasteiger partial charge in [0.1, 0.15) is 0 Å². The summed E-state index contributed by atoms with van der Waals surface area (Å²) in [5.74, 6) is 2.81. The minimum atomic E-state index is -1.90. The summed E-state index contributed by atoms with van der Waals surface area (Å²) in [4.78, 5) is 0. The Morgan fingerprint density at radius 1 is 1.08 bits per heavy atom. The molecule has 0 saturated carbocycles. The normalized spacial score (nSPS) is 15.3. The quantitative estimate of drug-likeness (QED) is 0.253. The maximum absolute atomic E-state index is 9.87. The second kappa shape index (κ2) is 11.1. The van der Waals surface area contributed by atoms with E-state index in [9.17, 15) is 5.11 Å². The van der Waals surface area contributed by atoms with Gasteiger partial charge >= 0.3 is 0 Å². The van der Waals surface area contributed by atoms with Gasteiger partial charge in [0.05, 0.1) is 12.7 Å². The minimum absolute atomic E-state index is 0.125. The van der Waals surface area contributed by atoms with Crippen LogP contribution in [0.25, 0.3) is 0 Å². The molecule has 0 aliphatic rings. The third kappa shape index (κ3) is 7.82. The van der Waals surface area contributed by atoms with Crippen molar-refractivity contribution in [1.82, 2.24) is 0 Å². The molecule has 2 nitrogen and oxygen atoms in total. The summed E-state index contributed by atoms with van der Waals surface area (Å²) in [7, 11) is -1.90. The lowest BCUT2D eigenvalue weighted by Gasteiger charge is -2.42. The summed E-state index contributed by atoms with van der Waals surface area (Å²) in [6, 6.07) is 0. The van der Waals surface area contributed by atoms with E-state index >= 15 is 0 Å². The van der Waals surface area contributed by atoms with Crippen LogP contribution < -0.4 is 0 Å². The first kappa shape index (κ1) is 25.2. The highest BCUT2D eigenvalue weighted by Crippen LogP contribution is 2.42. The first-order valence-corrected chi connectivity index (χ1v) is 12.2. The molecule has 0 aliphatic heterocycles. The molecule has 0 rings (SSSR count). The highest BCUT2D eigenvalue weighted by atomic mass is 28.4. The molecule has 0 spiro atoms. The molecule has 0 aromatic carbocycles. The van der Waals surface area contributed by atoms with Crippen molar-refractivity contribution in [2.45, 2.75) is 97.9 Å². The summed E-state index contributed by atoms with van der Waals surface area (Å²) in [5, 5.41) is 9.87. The predicted octanol–water partition coefficient (Wildman–Crippen LogP) is 6.48. The zero-order valence-corrected chi connectivity index (χ0v) is 19.6. The van der Waals surface area contributed by atoms with Gasteiger partial charge in [-0.15, -0.1) is 12.3 Å². The molecule has 0 heterocycles. The third-order valence-corrected chi connectivity index (χ3v) is 11.3. The lowest BCUT2D eigenvalue weighted by Crippen LogP contribution is -2.48. The Hall–Kier alpha value is -0.823. The Balaban J connectivity index is 5.30. The molecule has 0 aromatic heterocycles. The first-order chi connectivity index (χ1) is 11.9. The van der Waals surface area contributed by atoms with Gasteiger partial charge in [0.15, 0.2) is 0 Å². The number of rotatable bonds is 11. The SMILES string of the molecule is C#CC(C)(C)C/C=C/C=C(\CO[Si](C(C)C)(C(C)C)C(C)C)C[C@H](C)O. The summed E-state index contributed by atoms with van der Waals surface area (Å²) in [5.41, 5.74) is 2.70. The monoisotopic (exact) mass is 378 g/mol. The predicted molar refractivity (Wildman–Crippen MR) is 118 cm³/mol. The Morgan fingerprint density at radius 2 is 1.58 bits per heavy atom. The molecule has 0 bridgehead atoms. The summed E-state index contributed by atoms with van der Waals surface area (Å²) < 4.78 is 6.69. The molecule has 0 aromatic rings. The molecule has 150 valence electrons. The molecule has 1 N–H and O–H groups in total. The van der Waals surface area contributed by atoms with Gasteiger partial charge in [0.2, 0.25) is 8.32 Å². The molecular weight excluding hydrogens is 336 g/mol. The fraction of sp³-hybridized carbons (Fsp3) is 0.739. The summed E-state index contributed by atoms with van der Waals surface area (Å²) in [6.45, 7) is 20.4. The average molecular weight is 379 g/mol. The van der Waals surface area contributed by atoms with Gasteiger partial charge in [-0.2, -0.15) is 0 Å². The van der Waals surface area contributed by atoms with Crippen LogP contribution in [-0.4, -0.2) is 26.1 Å². The van der Waals surface area contributed by atoms with Crippen molar-refractivity contribution in [2.24, 2.45) is 5.41 Å². The highest BCUT2D eigenvalue weighted by Gasteiger charge is 2.45. The van der Waals surface area contributed by atoms with E-state index in [1.165, 1.54) is 0 Å². The number of hydrogen-bond donors (Lipinski definition) is 1. The van der Waals surface area contributed by atoms with Crippen LogP contribution in [0.15, 0.2) is 23.8 Å². The molecule has 0 amide bonds. The zero-order valence-electron chi connectivity index (χ0n) is 18.6. The summed E-state index contributed by atoms with van der Waals surface area (Å²) >= 11 is 0. The van der Waals surface area contributed by atoms with E-state index in [0.29, 0.717) is 29.7 Å². The van der Waals surface area contributed by atoms with Crippen LogP contribution in [0.1, 0.15) is 75.2 Å². The summed E-state index contributed by atoms with van der Waals surface area (Å²) in [6.07, 6.45) is 12.9. The van der Waals surface area contributed by atoms with Gasteiger partial charge in [0, 0.05) is 5.41 Å². The zero-order chi connectivity index (χ0) is 20.5. The standard InChI is InChI=1S/C23H42O2Si/c1-11-23(9,10)15-13-12-14-22(16-21(8)24)17-25-26(18(2)3,19(4)5)20(6)7/h1,12-14,18-21,24H,15-17H2,2-10H3/b13-12+,22-14-/t21-/m0/s1. The van der Waals surface area contributed by atoms with E-state index in [1.54, 1.807) is 0 Å². The van der Waals surface area contributed by atoms with Gasteiger partial charge in [-0.3, -0.25) is 0 Å². The van der Waals surface area contributed by atoms with E-state index in [-0.39, 0.29) is 11.5 Å². The van der Waals surface area contributed by atoms with Crippen molar-refractivity contribution in [3.8, 4) is 12.3 Å². The fourth-order valence-corrected chi connectivity index (χ4v) is 9.33. The van der Waals surface area contributed by atoms with E-state index in [0.717, 1.165) is 12.0 Å². The Bertz CT molecular complexity index is 483. The van der Waals surface area contributed by atoms with E-state index in [4.69, 9.17) is 10.8 Å². The Morgan fingerprint density at radius 3 is 1.96 bits per heavy atom. The third-order valence-electron chi connectivity index (χ3n) is 5.26. The molecule has 1 atom stereocenters. The van der Waals surface area contributed by atoms with Gasteiger partial charge < -0.3 is 9.53 Å². The smallest absolute Gasteiger partial charge is 0.200 e. The second-order valence-electron chi connectivity index (χ2n) is 9.14. The molecule has 0 fully saturated rings. The fourth-order valence-electron chi connectivity index (χ4n) is 3.90. The first-order valence-electron chi connectivity index (χ1n) is 10.0. The van der Waals surface area contributed by atoms with Crippen LogP contribution in [0, 0.1) is 17.8 Å². The lowest BCUT2D eigenvalue weighted by molar-refractivity contribution is 0.188. The van der Waals surface area contributed by atoms with E-state index in [2.05, 4.69) is 79.5 Å². The van der Waals surface area contributed by atoms with Crippen molar-refractivity contribution in [2.75, 3.05) is 6.61 Å². The molecule has 3 heteroatoms. The lowest BCUT2D eigenvalue weighted by atomic mass is 9.90. The number of allylic oxidation sites excluding steroid dienone is 3. The maximum atomic E-state index is 9.87. The van der Waals surface area contributed by atoms with Crippen molar-refractivity contribution in [3.05, 3.63) is 23.8 Å². The van der Waals surface area contributed by atoms with E-state index in [1.807, 2.05) is 6.92 Å². The Kier molecular flexibility index (Phi) is 10.8. The van der Waals surface area contributed by atoms with Crippen molar-refractivity contribution < 1.29 is 9.53 Å². The number of aliphatic hydroxyl groups excluding tert-OH is 1. The number of terminal acetylenes is 1. The maximum Gasteiger partial charge on any atom is 0.200 e. The molecule has 0 unspecified atom stereocenters. The second-order valence-corrected chi connectivity index (χ2v) is 14.6. The molecule has 0 aliphatic carbocycles. The molecular formula is C23H42O2Si. The van der Waals surface area contributed by atoms with Crippen LogP contribution in [0.5, 0.6) is 0 Å². The molecule has 0 saturated heterocycles. The van der Waals surface area contributed by atoms with E-state index < -0.39 is 8.32 Å². The van der Waals surface area contributed by atoms with Gasteiger partial charge in [-0.25, -0.2) is 0 Å². The van der Waals surface area contributed by atoms with Crippen LogP contribution >= 0.6 is 0 Å². The largest absolute Gasteiger partial charge is 0.412 e. The van der Waals surface area contributed by atoms with Crippen LogP contribution in [0.2, 0.25) is 16.6 Å². The molecule has 0 radical (unpaired) electrons.